The first-order valence-corrected chi connectivity index (χ1v) is 9.71. The number of guanidine groups is 1. The van der Waals surface area contributed by atoms with E-state index in [1.807, 2.05) is 55.8 Å². The normalized spacial score (nSPS) is 14.3. The number of rotatable bonds is 7. The highest BCUT2D eigenvalue weighted by atomic mass is 16.2. The van der Waals surface area contributed by atoms with E-state index in [0.717, 1.165) is 22.6 Å². The summed E-state index contributed by atoms with van der Waals surface area (Å²) in [6, 6.07) is 9.73. The third-order valence-electron chi connectivity index (χ3n) is 4.55. The third-order valence-corrected chi connectivity index (χ3v) is 4.55. The van der Waals surface area contributed by atoms with Crippen molar-refractivity contribution in [3.05, 3.63) is 47.3 Å². The fraction of sp³-hybridized carbons (Fsp3) is 0.400. The third kappa shape index (κ3) is 4.92. The predicted molar refractivity (Wildman–Crippen MR) is 111 cm³/mol. The van der Waals surface area contributed by atoms with Crippen molar-refractivity contribution in [2.45, 2.75) is 27.3 Å². The van der Waals surface area contributed by atoms with Gasteiger partial charge in [0.1, 0.15) is 0 Å². The fourth-order valence-corrected chi connectivity index (χ4v) is 3.20. The van der Waals surface area contributed by atoms with Gasteiger partial charge >= 0.3 is 6.03 Å². The van der Waals surface area contributed by atoms with Gasteiger partial charge in [0, 0.05) is 25.3 Å². The summed E-state index contributed by atoms with van der Waals surface area (Å²) in [5, 5.41) is 13.5. The Kier molecular flexibility index (Phi) is 6.48. The summed E-state index contributed by atoms with van der Waals surface area (Å²) >= 11 is 0. The number of amides is 3. The topological polar surface area (TPSA) is 104 Å². The molecule has 3 amide bonds. The highest BCUT2D eigenvalue weighted by molar-refractivity contribution is 6.01. The number of aryl methyl sites for hydroxylation is 2. The van der Waals surface area contributed by atoms with Crippen molar-refractivity contribution in [2.75, 3.05) is 26.2 Å². The molecule has 1 aromatic carbocycles. The Morgan fingerprint density at radius 1 is 1.24 bits per heavy atom. The summed E-state index contributed by atoms with van der Waals surface area (Å²) in [6.45, 7) is 7.93. The summed E-state index contributed by atoms with van der Waals surface area (Å²) in [5.74, 6) is 0.417. The fourth-order valence-electron chi connectivity index (χ4n) is 3.20. The van der Waals surface area contributed by atoms with E-state index in [0.29, 0.717) is 25.6 Å². The maximum Gasteiger partial charge on any atom is 0.324 e. The van der Waals surface area contributed by atoms with E-state index in [9.17, 15) is 9.59 Å². The van der Waals surface area contributed by atoms with Crippen molar-refractivity contribution in [1.29, 1.82) is 0 Å². The van der Waals surface area contributed by atoms with Crippen LogP contribution in [-0.4, -0.2) is 58.8 Å². The van der Waals surface area contributed by atoms with Crippen molar-refractivity contribution in [3.8, 4) is 5.69 Å². The van der Waals surface area contributed by atoms with Gasteiger partial charge in [0.15, 0.2) is 5.96 Å². The molecule has 0 atom stereocenters. The Labute approximate surface area is 170 Å². The number of para-hydroxylation sites is 1. The number of hydrogen-bond acceptors (Lipinski definition) is 4. The zero-order chi connectivity index (χ0) is 20.8. The first-order chi connectivity index (χ1) is 14.0. The molecule has 0 spiro atoms. The monoisotopic (exact) mass is 397 g/mol. The van der Waals surface area contributed by atoms with Gasteiger partial charge < -0.3 is 16.0 Å². The van der Waals surface area contributed by atoms with Crippen LogP contribution in [0.4, 0.5) is 4.79 Å². The number of carbonyl (C=O) groups excluding carboxylic acids is 2. The Morgan fingerprint density at radius 2 is 2.03 bits per heavy atom. The summed E-state index contributed by atoms with van der Waals surface area (Å²) in [5.41, 5.74) is 4.08. The minimum Gasteiger partial charge on any atom is -0.357 e. The van der Waals surface area contributed by atoms with Crippen LogP contribution in [0.2, 0.25) is 0 Å². The van der Waals surface area contributed by atoms with Gasteiger partial charge in [0.25, 0.3) is 0 Å². The molecule has 2 aromatic rings. The molecule has 0 saturated carbocycles. The molecule has 1 aliphatic rings. The predicted octanol–water partition coefficient (Wildman–Crippen LogP) is 1.10. The largest absolute Gasteiger partial charge is 0.357 e. The van der Waals surface area contributed by atoms with Crippen molar-refractivity contribution in [2.24, 2.45) is 4.99 Å². The summed E-state index contributed by atoms with van der Waals surface area (Å²) in [4.78, 5) is 29.1. The van der Waals surface area contributed by atoms with E-state index in [4.69, 9.17) is 0 Å². The molecule has 1 fully saturated rings. The van der Waals surface area contributed by atoms with Crippen LogP contribution in [-0.2, 0) is 11.3 Å². The van der Waals surface area contributed by atoms with Crippen LogP contribution in [0, 0.1) is 13.8 Å². The number of hydrogen-bond donors (Lipinski definition) is 3. The first kappa shape index (κ1) is 20.4. The molecule has 154 valence electrons. The lowest BCUT2D eigenvalue weighted by Crippen LogP contribution is -2.43. The molecule has 2 heterocycles. The quantitative estimate of drug-likeness (QED) is 0.369. The molecule has 0 radical (unpaired) electrons. The lowest BCUT2D eigenvalue weighted by molar-refractivity contribution is -0.124. The van der Waals surface area contributed by atoms with Gasteiger partial charge in [-0.05, 0) is 38.5 Å². The molecule has 1 saturated heterocycles. The second-order valence-electron chi connectivity index (χ2n) is 6.79. The highest BCUT2D eigenvalue weighted by Crippen LogP contribution is 2.17. The number of imide groups is 1. The first-order valence-electron chi connectivity index (χ1n) is 9.71. The molecule has 9 heteroatoms. The van der Waals surface area contributed by atoms with E-state index in [1.165, 1.54) is 4.90 Å². The van der Waals surface area contributed by atoms with Crippen LogP contribution in [0.5, 0.6) is 0 Å². The second-order valence-corrected chi connectivity index (χ2v) is 6.79. The summed E-state index contributed by atoms with van der Waals surface area (Å²) in [6.07, 6.45) is 0. The summed E-state index contributed by atoms with van der Waals surface area (Å²) < 4.78 is 1.93. The molecule has 1 aromatic heterocycles. The van der Waals surface area contributed by atoms with E-state index < -0.39 is 0 Å². The number of aliphatic imine (C=N–C) groups is 1. The van der Waals surface area contributed by atoms with E-state index in [-0.39, 0.29) is 25.0 Å². The number of nitrogens with one attached hydrogen (secondary N) is 3. The van der Waals surface area contributed by atoms with Crippen LogP contribution in [0.1, 0.15) is 23.9 Å². The molecule has 3 rings (SSSR count). The average molecular weight is 397 g/mol. The molecule has 1 aliphatic heterocycles. The molecule has 3 N–H and O–H groups in total. The number of nitrogens with zero attached hydrogens (tertiary/aromatic N) is 4. The van der Waals surface area contributed by atoms with E-state index in [1.54, 1.807) is 0 Å². The average Bonchev–Trinajstić information content (AvgIpc) is 3.21. The van der Waals surface area contributed by atoms with Crippen LogP contribution >= 0.6 is 0 Å². The molecule has 0 bridgehead atoms. The lowest BCUT2D eigenvalue weighted by Gasteiger charge is -2.16. The zero-order valence-electron chi connectivity index (χ0n) is 17.0. The van der Waals surface area contributed by atoms with Gasteiger partial charge in [-0.25, -0.2) is 14.5 Å². The number of aromatic nitrogens is 2. The van der Waals surface area contributed by atoms with Crippen molar-refractivity contribution in [3.63, 3.8) is 0 Å². The van der Waals surface area contributed by atoms with Crippen LogP contribution in [0.15, 0.2) is 35.3 Å². The number of benzene rings is 1. The summed E-state index contributed by atoms with van der Waals surface area (Å²) in [7, 11) is 0. The Balaban J connectivity index is 1.68. The standard InChI is InChI=1S/C20H27N7O2/c1-4-21-19(22-9-10-26-18(28)13-24-20(26)29)23-12-16-7-5-6-8-17(16)27-15(3)11-14(2)25-27/h5-8,11H,4,9-10,12-13H2,1-3H3,(H,24,29)(H2,21,22,23). The van der Waals surface area contributed by atoms with E-state index in [2.05, 4.69) is 26.0 Å². The van der Waals surface area contributed by atoms with Crippen molar-refractivity contribution >= 4 is 17.9 Å². The molecule has 29 heavy (non-hydrogen) atoms. The van der Waals surface area contributed by atoms with Gasteiger partial charge in [-0.3, -0.25) is 9.69 Å². The van der Waals surface area contributed by atoms with E-state index >= 15 is 0 Å². The molecule has 0 unspecified atom stereocenters. The maximum atomic E-state index is 11.7. The van der Waals surface area contributed by atoms with Gasteiger partial charge in [0.2, 0.25) is 5.91 Å². The maximum absolute atomic E-state index is 11.7. The van der Waals surface area contributed by atoms with Crippen LogP contribution in [0.3, 0.4) is 0 Å². The minimum atomic E-state index is -0.349. The highest BCUT2D eigenvalue weighted by Gasteiger charge is 2.27. The smallest absolute Gasteiger partial charge is 0.324 e. The SMILES string of the molecule is CCNC(=NCc1ccccc1-n1nc(C)cc1C)NCCN1C(=O)CNC1=O. The molecule has 0 aliphatic carbocycles. The van der Waals surface area contributed by atoms with Gasteiger partial charge in [-0.15, -0.1) is 0 Å². The van der Waals surface area contributed by atoms with Crippen LogP contribution in [0.25, 0.3) is 5.69 Å². The van der Waals surface area contributed by atoms with Crippen molar-refractivity contribution < 1.29 is 9.59 Å². The Morgan fingerprint density at radius 3 is 2.69 bits per heavy atom. The van der Waals surface area contributed by atoms with Crippen molar-refractivity contribution in [1.82, 2.24) is 30.6 Å². The lowest BCUT2D eigenvalue weighted by atomic mass is 10.2. The zero-order valence-corrected chi connectivity index (χ0v) is 17.0. The number of carbonyl (C=O) groups is 2. The molecule has 9 nitrogen and oxygen atoms in total. The molecular weight excluding hydrogens is 370 g/mol. The molecular formula is C20H27N7O2. The minimum absolute atomic E-state index is 0.0656. The van der Waals surface area contributed by atoms with Gasteiger partial charge in [0.05, 0.1) is 24.5 Å². The van der Waals surface area contributed by atoms with Gasteiger partial charge in [-0.2, -0.15) is 5.10 Å². The Hall–Kier alpha value is -3.36. The second kappa shape index (κ2) is 9.22. The Bertz CT molecular complexity index is 903. The van der Waals surface area contributed by atoms with Crippen LogP contribution < -0.4 is 16.0 Å². The van der Waals surface area contributed by atoms with Gasteiger partial charge in [-0.1, -0.05) is 18.2 Å². The number of urea groups is 1.